The number of carbonyl (C=O) groups excluding carboxylic acids is 1. The molecule has 0 bridgehead atoms. The largest absolute Gasteiger partial charge is 0.486 e. The molecule has 0 fully saturated rings. The van der Waals surface area contributed by atoms with E-state index in [-0.39, 0.29) is 5.91 Å². The van der Waals surface area contributed by atoms with Gasteiger partial charge in [-0.2, -0.15) is 0 Å². The van der Waals surface area contributed by atoms with E-state index in [1.165, 1.54) is 0 Å². The first-order valence-corrected chi connectivity index (χ1v) is 9.43. The van der Waals surface area contributed by atoms with Crippen molar-refractivity contribution in [2.45, 2.75) is 6.92 Å². The lowest BCUT2D eigenvalue weighted by molar-refractivity contribution is 0.102. The number of aromatic amines is 1. The molecule has 0 spiro atoms. The van der Waals surface area contributed by atoms with Crippen LogP contribution in [-0.2, 0) is 0 Å². The third-order valence-corrected chi connectivity index (χ3v) is 4.82. The Morgan fingerprint density at radius 2 is 1.79 bits per heavy atom. The van der Waals surface area contributed by atoms with Gasteiger partial charge in [-0.25, -0.2) is 4.98 Å². The van der Waals surface area contributed by atoms with Gasteiger partial charge in [0.25, 0.3) is 5.91 Å². The number of H-pyrrole nitrogens is 1. The van der Waals surface area contributed by atoms with Crippen molar-refractivity contribution in [3.05, 3.63) is 71.8 Å². The van der Waals surface area contributed by atoms with Crippen molar-refractivity contribution in [2.24, 2.45) is 0 Å². The zero-order valence-corrected chi connectivity index (χ0v) is 15.9. The molecule has 6 nitrogen and oxygen atoms in total. The number of anilines is 1. The molecule has 5 rings (SSSR count). The van der Waals surface area contributed by atoms with E-state index in [0.717, 1.165) is 27.9 Å². The fourth-order valence-electron chi connectivity index (χ4n) is 3.42. The molecule has 0 radical (unpaired) electrons. The SMILES string of the molecule is Cc1cccc(C(=O)Nc2cccc(-c3nc4cc5c(cc4[nH]3)OCCO5)c2)c1. The number of hydrogen-bond donors (Lipinski definition) is 2. The van der Waals surface area contributed by atoms with E-state index in [9.17, 15) is 4.79 Å². The quantitative estimate of drug-likeness (QED) is 0.542. The lowest BCUT2D eigenvalue weighted by Crippen LogP contribution is -2.15. The number of aryl methyl sites for hydroxylation is 1. The summed E-state index contributed by atoms with van der Waals surface area (Å²) in [6.45, 7) is 3.05. The highest BCUT2D eigenvalue weighted by Crippen LogP contribution is 2.35. The number of nitrogens with one attached hydrogen (secondary N) is 2. The number of imidazole rings is 1. The number of ether oxygens (including phenoxy) is 2. The van der Waals surface area contributed by atoms with Gasteiger partial charge in [0.15, 0.2) is 11.5 Å². The predicted octanol–water partition coefficient (Wildman–Crippen LogP) is 4.56. The van der Waals surface area contributed by atoms with Crippen LogP contribution in [0.1, 0.15) is 15.9 Å². The molecular formula is C23H19N3O3. The van der Waals surface area contributed by atoms with Gasteiger partial charge in [-0.1, -0.05) is 29.8 Å². The van der Waals surface area contributed by atoms with Crippen LogP contribution in [0.5, 0.6) is 11.5 Å². The number of fused-ring (bicyclic) bond motifs is 2. The van der Waals surface area contributed by atoms with Crippen molar-refractivity contribution in [1.29, 1.82) is 0 Å². The predicted molar refractivity (Wildman–Crippen MR) is 112 cm³/mol. The summed E-state index contributed by atoms with van der Waals surface area (Å²) in [5.41, 5.74) is 4.94. The van der Waals surface area contributed by atoms with Crippen molar-refractivity contribution in [3.63, 3.8) is 0 Å². The molecule has 0 atom stereocenters. The summed E-state index contributed by atoms with van der Waals surface area (Å²) in [6, 6.07) is 18.9. The van der Waals surface area contributed by atoms with Crippen LogP contribution >= 0.6 is 0 Å². The van der Waals surface area contributed by atoms with Crippen LogP contribution in [0.4, 0.5) is 5.69 Å². The second-order valence-electron chi connectivity index (χ2n) is 7.00. The molecule has 4 aromatic rings. The number of carbonyl (C=O) groups is 1. The number of hydrogen-bond acceptors (Lipinski definition) is 4. The summed E-state index contributed by atoms with van der Waals surface area (Å²) in [6.07, 6.45) is 0. The van der Waals surface area contributed by atoms with Crippen LogP contribution in [-0.4, -0.2) is 29.1 Å². The minimum atomic E-state index is -0.141. The zero-order chi connectivity index (χ0) is 19.8. The summed E-state index contributed by atoms with van der Waals surface area (Å²) < 4.78 is 11.3. The maximum atomic E-state index is 12.5. The fourth-order valence-corrected chi connectivity index (χ4v) is 3.42. The molecule has 1 aliphatic heterocycles. The van der Waals surface area contributed by atoms with Gasteiger partial charge < -0.3 is 19.8 Å². The Hall–Kier alpha value is -3.80. The van der Waals surface area contributed by atoms with Crippen LogP contribution < -0.4 is 14.8 Å². The van der Waals surface area contributed by atoms with Gasteiger partial charge in [-0.05, 0) is 31.2 Å². The standard InChI is InChI=1S/C23H19N3O3/c1-14-4-2-6-16(10-14)23(27)24-17-7-3-5-15(11-17)22-25-18-12-20-21(13-19(18)26-22)29-9-8-28-20/h2-7,10-13H,8-9H2,1H3,(H,24,27)(H,25,26). The maximum Gasteiger partial charge on any atom is 0.255 e. The van der Waals surface area contributed by atoms with Gasteiger partial charge >= 0.3 is 0 Å². The molecule has 0 saturated heterocycles. The minimum absolute atomic E-state index is 0.141. The summed E-state index contributed by atoms with van der Waals surface area (Å²) >= 11 is 0. The smallest absolute Gasteiger partial charge is 0.255 e. The third kappa shape index (κ3) is 3.40. The molecule has 2 N–H and O–H groups in total. The van der Waals surface area contributed by atoms with E-state index in [1.54, 1.807) is 6.07 Å². The summed E-state index contributed by atoms with van der Waals surface area (Å²) in [4.78, 5) is 20.5. The van der Waals surface area contributed by atoms with Crippen molar-refractivity contribution >= 4 is 22.6 Å². The molecule has 1 aliphatic rings. The summed E-state index contributed by atoms with van der Waals surface area (Å²) in [5.74, 6) is 2.01. The first-order valence-electron chi connectivity index (χ1n) is 9.43. The first kappa shape index (κ1) is 17.3. The van der Waals surface area contributed by atoms with Gasteiger partial charge in [-0.15, -0.1) is 0 Å². The molecule has 0 unspecified atom stereocenters. The van der Waals surface area contributed by atoms with Crippen LogP contribution in [0.25, 0.3) is 22.4 Å². The molecule has 2 heterocycles. The average molecular weight is 385 g/mol. The van der Waals surface area contributed by atoms with E-state index in [2.05, 4.69) is 15.3 Å². The summed E-state index contributed by atoms with van der Waals surface area (Å²) in [5, 5.41) is 2.95. The lowest BCUT2D eigenvalue weighted by atomic mass is 10.1. The molecule has 1 amide bonds. The topological polar surface area (TPSA) is 76.2 Å². The highest BCUT2D eigenvalue weighted by Gasteiger charge is 2.15. The van der Waals surface area contributed by atoms with Gasteiger partial charge in [0.2, 0.25) is 0 Å². The number of benzene rings is 3. The van der Waals surface area contributed by atoms with Gasteiger partial charge in [0, 0.05) is 28.9 Å². The summed E-state index contributed by atoms with van der Waals surface area (Å²) in [7, 11) is 0. The Balaban J connectivity index is 1.44. The maximum absolute atomic E-state index is 12.5. The Kier molecular flexibility index (Phi) is 4.17. The highest BCUT2D eigenvalue weighted by molar-refractivity contribution is 6.04. The zero-order valence-electron chi connectivity index (χ0n) is 15.9. The van der Waals surface area contributed by atoms with E-state index >= 15 is 0 Å². The fraction of sp³-hybridized carbons (Fsp3) is 0.130. The molecule has 1 aromatic heterocycles. The van der Waals surface area contributed by atoms with Crippen molar-refractivity contribution < 1.29 is 14.3 Å². The Morgan fingerprint density at radius 1 is 1.00 bits per heavy atom. The molecular weight excluding hydrogens is 366 g/mol. The normalized spacial score (nSPS) is 12.7. The monoisotopic (exact) mass is 385 g/mol. The second kappa shape index (κ2) is 6.98. The van der Waals surface area contributed by atoms with Crippen LogP contribution in [0.15, 0.2) is 60.7 Å². The molecule has 0 saturated carbocycles. The van der Waals surface area contributed by atoms with Gasteiger partial charge in [0.05, 0.1) is 11.0 Å². The van der Waals surface area contributed by atoms with Gasteiger partial charge in [0.1, 0.15) is 19.0 Å². The van der Waals surface area contributed by atoms with Gasteiger partial charge in [-0.3, -0.25) is 4.79 Å². The highest BCUT2D eigenvalue weighted by atomic mass is 16.6. The van der Waals surface area contributed by atoms with E-state index < -0.39 is 0 Å². The van der Waals surface area contributed by atoms with Crippen molar-refractivity contribution in [2.75, 3.05) is 18.5 Å². The van der Waals surface area contributed by atoms with E-state index in [0.29, 0.717) is 36.0 Å². The Morgan fingerprint density at radius 3 is 2.62 bits per heavy atom. The average Bonchev–Trinajstić information content (AvgIpc) is 3.15. The van der Waals surface area contributed by atoms with Crippen molar-refractivity contribution in [3.8, 4) is 22.9 Å². The molecule has 0 aliphatic carbocycles. The second-order valence-corrected chi connectivity index (χ2v) is 7.00. The van der Waals surface area contributed by atoms with Crippen LogP contribution in [0, 0.1) is 6.92 Å². The number of rotatable bonds is 3. The first-order chi connectivity index (χ1) is 14.2. The number of amides is 1. The molecule has 6 heteroatoms. The van der Waals surface area contributed by atoms with Crippen molar-refractivity contribution in [1.82, 2.24) is 9.97 Å². The third-order valence-electron chi connectivity index (χ3n) is 4.82. The van der Waals surface area contributed by atoms with E-state index in [1.807, 2.05) is 61.5 Å². The van der Waals surface area contributed by atoms with Crippen LogP contribution in [0.3, 0.4) is 0 Å². The minimum Gasteiger partial charge on any atom is -0.486 e. The Bertz CT molecular complexity index is 1190. The molecule has 29 heavy (non-hydrogen) atoms. The van der Waals surface area contributed by atoms with E-state index in [4.69, 9.17) is 9.47 Å². The number of nitrogens with zero attached hydrogens (tertiary/aromatic N) is 1. The molecule has 3 aromatic carbocycles. The molecule has 144 valence electrons. The lowest BCUT2D eigenvalue weighted by Gasteiger charge is -2.17. The van der Waals surface area contributed by atoms with Crippen LogP contribution in [0.2, 0.25) is 0 Å². The number of aromatic nitrogens is 2. The Labute approximate surface area is 167 Å².